The Morgan fingerprint density at radius 1 is 1.48 bits per heavy atom. The first-order valence-corrected chi connectivity index (χ1v) is 7.51. The second kappa shape index (κ2) is 6.73. The number of benzene rings is 1. The highest BCUT2D eigenvalue weighted by Gasteiger charge is 2.26. The highest BCUT2D eigenvalue weighted by Crippen LogP contribution is 2.28. The van der Waals surface area contributed by atoms with Gasteiger partial charge in [0.2, 0.25) is 5.91 Å². The van der Waals surface area contributed by atoms with Crippen molar-refractivity contribution in [1.82, 2.24) is 4.90 Å². The molecule has 2 rings (SSSR count). The Kier molecular flexibility index (Phi) is 4.98. The van der Waals surface area contributed by atoms with Gasteiger partial charge in [-0.1, -0.05) is 19.9 Å². The van der Waals surface area contributed by atoms with E-state index in [-0.39, 0.29) is 5.91 Å². The molecule has 0 aliphatic carbocycles. The van der Waals surface area contributed by atoms with Crippen molar-refractivity contribution in [2.75, 3.05) is 25.0 Å². The van der Waals surface area contributed by atoms with E-state index < -0.39 is 0 Å². The van der Waals surface area contributed by atoms with Gasteiger partial charge in [0.15, 0.2) is 0 Å². The lowest BCUT2D eigenvalue weighted by Gasteiger charge is -2.37. The summed E-state index contributed by atoms with van der Waals surface area (Å²) in [6.07, 6.45) is 2.96. The molecule has 4 nitrogen and oxygen atoms in total. The van der Waals surface area contributed by atoms with Crippen molar-refractivity contribution in [1.29, 1.82) is 5.26 Å². The first-order chi connectivity index (χ1) is 9.98. The Labute approximate surface area is 126 Å². The van der Waals surface area contributed by atoms with Crippen molar-refractivity contribution in [3.63, 3.8) is 0 Å². The number of amides is 1. The average molecular weight is 285 g/mol. The van der Waals surface area contributed by atoms with Crippen LogP contribution in [-0.2, 0) is 4.79 Å². The fraction of sp³-hybridized carbons (Fsp3) is 0.529. The minimum atomic E-state index is 0.00784. The van der Waals surface area contributed by atoms with Crippen molar-refractivity contribution in [3.05, 3.63) is 29.8 Å². The van der Waals surface area contributed by atoms with E-state index in [0.29, 0.717) is 23.1 Å². The van der Waals surface area contributed by atoms with E-state index in [4.69, 9.17) is 5.26 Å². The van der Waals surface area contributed by atoms with Crippen LogP contribution in [0, 0.1) is 16.7 Å². The maximum Gasteiger partial charge on any atom is 0.225 e. The summed E-state index contributed by atoms with van der Waals surface area (Å²) in [5, 5.41) is 11.7. The number of likely N-dealkylation sites (tertiary alicyclic amines) is 1. The van der Waals surface area contributed by atoms with Gasteiger partial charge in [0.05, 0.1) is 11.6 Å². The maximum atomic E-state index is 12.0. The van der Waals surface area contributed by atoms with Crippen molar-refractivity contribution >= 4 is 11.6 Å². The van der Waals surface area contributed by atoms with Crippen LogP contribution in [0.1, 0.15) is 38.7 Å². The number of hydrogen-bond donors (Lipinski definition) is 1. The second-order valence-electron chi connectivity index (χ2n) is 6.53. The molecule has 21 heavy (non-hydrogen) atoms. The van der Waals surface area contributed by atoms with Crippen molar-refractivity contribution in [3.8, 4) is 6.07 Å². The Morgan fingerprint density at radius 2 is 2.29 bits per heavy atom. The molecular formula is C17H23N3O. The zero-order chi connectivity index (χ0) is 15.3. The van der Waals surface area contributed by atoms with Gasteiger partial charge in [-0.2, -0.15) is 5.26 Å². The smallest absolute Gasteiger partial charge is 0.225 e. The van der Waals surface area contributed by atoms with Gasteiger partial charge in [0, 0.05) is 25.2 Å². The normalized spacial score (nSPS) is 18.0. The topological polar surface area (TPSA) is 56.1 Å². The van der Waals surface area contributed by atoms with Crippen LogP contribution in [0.2, 0.25) is 0 Å². The summed E-state index contributed by atoms with van der Waals surface area (Å²) in [7, 11) is 0. The lowest BCUT2D eigenvalue weighted by molar-refractivity contribution is -0.116. The molecule has 1 saturated heterocycles. The maximum absolute atomic E-state index is 12.0. The van der Waals surface area contributed by atoms with Gasteiger partial charge in [-0.3, -0.25) is 4.79 Å². The van der Waals surface area contributed by atoms with E-state index in [1.807, 2.05) is 6.07 Å². The summed E-state index contributed by atoms with van der Waals surface area (Å²) in [6, 6.07) is 9.09. The number of nitrogens with zero attached hydrogens (tertiary/aromatic N) is 2. The zero-order valence-electron chi connectivity index (χ0n) is 12.9. The zero-order valence-corrected chi connectivity index (χ0v) is 12.9. The molecule has 1 aromatic carbocycles. The van der Waals surface area contributed by atoms with Crippen LogP contribution in [0.25, 0.3) is 0 Å². The van der Waals surface area contributed by atoms with Crippen LogP contribution in [0.3, 0.4) is 0 Å². The molecule has 0 radical (unpaired) electrons. The standard InChI is InChI=1S/C17H23N3O/c1-17(2)8-4-9-20(13-17)10-7-16(21)19-15-6-3-5-14(11-15)12-18/h3,5-6,11H,4,7-10,13H2,1-2H3,(H,19,21). The molecule has 1 aliphatic heterocycles. The van der Waals surface area contributed by atoms with Crippen molar-refractivity contribution < 1.29 is 4.79 Å². The highest BCUT2D eigenvalue weighted by atomic mass is 16.1. The minimum absolute atomic E-state index is 0.00784. The van der Waals surface area contributed by atoms with Crippen LogP contribution in [0.4, 0.5) is 5.69 Å². The summed E-state index contributed by atoms with van der Waals surface area (Å²) in [5.74, 6) is 0.00784. The second-order valence-corrected chi connectivity index (χ2v) is 6.53. The lowest BCUT2D eigenvalue weighted by Crippen LogP contribution is -2.41. The molecule has 1 aromatic rings. The van der Waals surface area contributed by atoms with E-state index in [0.717, 1.165) is 19.6 Å². The van der Waals surface area contributed by atoms with E-state index in [1.54, 1.807) is 18.2 Å². The van der Waals surface area contributed by atoms with Crippen LogP contribution in [-0.4, -0.2) is 30.4 Å². The first-order valence-electron chi connectivity index (χ1n) is 7.51. The molecule has 1 fully saturated rings. The van der Waals surface area contributed by atoms with Crippen LogP contribution >= 0.6 is 0 Å². The fourth-order valence-electron chi connectivity index (χ4n) is 2.89. The molecule has 0 saturated carbocycles. The summed E-state index contributed by atoms with van der Waals surface area (Å²) in [5.41, 5.74) is 1.61. The Morgan fingerprint density at radius 3 is 3.00 bits per heavy atom. The van der Waals surface area contributed by atoms with Gasteiger partial charge in [-0.15, -0.1) is 0 Å². The third-order valence-corrected chi connectivity index (χ3v) is 3.91. The SMILES string of the molecule is CC1(C)CCCN(CCC(=O)Nc2cccc(C#N)c2)C1. The van der Waals surface area contributed by atoms with Crippen molar-refractivity contribution in [2.45, 2.75) is 33.1 Å². The predicted octanol–water partition coefficient (Wildman–Crippen LogP) is 3.01. The van der Waals surface area contributed by atoms with Gasteiger partial charge in [0.1, 0.15) is 0 Å². The quantitative estimate of drug-likeness (QED) is 0.925. The molecule has 1 amide bonds. The van der Waals surface area contributed by atoms with Gasteiger partial charge in [-0.25, -0.2) is 0 Å². The van der Waals surface area contributed by atoms with Gasteiger partial charge in [-0.05, 0) is 43.0 Å². The molecule has 112 valence electrons. The largest absolute Gasteiger partial charge is 0.326 e. The number of carbonyl (C=O) groups is 1. The molecule has 0 unspecified atom stereocenters. The Hall–Kier alpha value is -1.86. The monoisotopic (exact) mass is 285 g/mol. The van der Waals surface area contributed by atoms with Gasteiger partial charge >= 0.3 is 0 Å². The highest BCUT2D eigenvalue weighted by molar-refractivity contribution is 5.90. The molecule has 0 bridgehead atoms. The number of nitriles is 1. The summed E-state index contributed by atoms with van der Waals surface area (Å²) in [6.45, 7) is 7.51. The van der Waals surface area contributed by atoms with Crippen LogP contribution in [0.5, 0.6) is 0 Å². The average Bonchev–Trinajstić information content (AvgIpc) is 2.44. The van der Waals surface area contributed by atoms with Crippen LogP contribution < -0.4 is 5.32 Å². The lowest BCUT2D eigenvalue weighted by atomic mass is 9.84. The van der Waals surface area contributed by atoms with Gasteiger partial charge < -0.3 is 10.2 Å². The number of nitrogens with one attached hydrogen (secondary N) is 1. The molecule has 1 heterocycles. The van der Waals surface area contributed by atoms with Crippen molar-refractivity contribution in [2.24, 2.45) is 5.41 Å². The third kappa shape index (κ3) is 4.87. The number of hydrogen-bond acceptors (Lipinski definition) is 3. The summed E-state index contributed by atoms with van der Waals surface area (Å²) in [4.78, 5) is 14.4. The van der Waals surface area contributed by atoms with Gasteiger partial charge in [0.25, 0.3) is 0 Å². The molecule has 0 aromatic heterocycles. The number of carbonyl (C=O) groups excluding carboxylic acids is 1. The Balaban J connectivity index is 1.81. The number of anilines is 1. The molecular weight excluding hydrogens is 262 g/mol. The summed E-state index contributed by atoms with van der Waals surface area (Å²) < 4.78 is 0. The van der Waals surface area contributed by atoms with E-state index in [2.05, 4.69) is 30.1 Å². The summed E-state index contributed by atoms with van der Waals surface area (Å²) >= 11 is 0. The number of piperidine rings is 1. The Bertz CT molecular complexity index is 545. The third-order valence-electron chi connectivity index (χ3n) is 3.91. The molecule has 1 aliphatic rings. The molecule has 1 N–H and O–H groups in total. The van der Waals surface area contributed by atoms with E-state index in [1.165, 1.54) is 12.8 Å². The van der Waals surface area contributed by atoms with E-state index in [9.17, 15) is 4.79 Å². The van der Waals surface area contributed by atoms with Crippen LogP contribution in [0.15, 0.2) is 24.3 Å². The first kappa shape index (κ1) is 15.5. The fourth-order valence-corrected chi connectivity index (χ4v) is 2.89. The number of rotatable bonds is 4. The molecule has 4 heteroatoms. The molecule has 0 atom stereocenters. The predicted molar refractivity (Wildman–Crippen MR) is 83.9 cm³/mol. The van der Waals surface area contributed by atoms with E-state index >= 15 is 0 Å². The molecule has 0 spiro atoms. The minimum Gasteiger partial charge on any atom is -0.326 e.